The standard InChI is InChI=1S/C14H17N5O/c1-10-2-3-12(9-18-10)8-16-7-11-4-5-17-13(6-11)14(15)19-20/h2-6,9,16,20H,7-8H2,1H3,(H2,15,19). The maximum absolute atomic E-state index is 8.63. The lowest BCUT2D eigenvalue weighted by Gasteiger charge is -2.06. The largest absolute Gasteiger partial charge is 0.409 e. The molecule has 0 fully saturated rings. The van der Waals surface area contributed by atoms with Crippen molar-refractivity contribution in [2.24, 2.45) is 10.9 Å². The van der Waals surface area contributed by atoms with Gasteiger partial charge in [-0.3, -0.25) is 9.97 Å². The van der Waals surface area contributed by atoms with Crippen molar-refractivity contribution in [1.29, 1.82) is 0 Å². The normalized spacial score (nSPS) is 11.6. The lowest BCUT2D eigenvalue weighted by molar-refractivity contribution is 0.318. The van der Waals surface area contributed by atoms with Gasteiger partial charge in [-0.25, -0.2) is 0 Å². The fourth-order valence-electron chi connectivity index (χ4n) is 1.73. The van der Waals surface area contributed by atoms with Gasteiger partial charge in [-0.05, 0) is 36.2 Å². The fourth-order valence-corrected chi connectivity index (χ4v) is 1.73. The van der Waals surface area contributed by atoms with Gasteiger partial charge in [0.2, 0.25) is 0 Å². The molecule has 2 rings (SSSR count). The van der Waals surface area contributed by atoms with Crippen LogP contribution in [-0.2, 0) is 13.1 Å². The molecule has 2 aromatic heterocycles. The number of amidine groups is 1. The zero-order valence-electron chi connectivity index (χ0n) is 11.2. The summed E-state index contributed by atoms with van der Waals surface area (Å²) in [6.07, 6.45) is 3.49. The molecule has 0 unspecified atom stereocenters. The number of aryl methyl sites for hydroxylation is 1. The summed E-state index contributed by atoms with van der Waals surface area (Å²) in [5, 5.41) is 14.9. The molecule has 0 spiro atoms. The van der Waals surface area contributed by atoms with E-state index in [1.165, 1.54) is 0 Å². The van der Waals surface area contributed by atoms with Crippen LogP contribution in [0.2, 0.25) is 0 Å². The minimum absolute atomic E-state index is 0.00887. The summed E-state index contributed by atoms with van der Waals surface area (Å²) in [5.41, 5.74) is 9.12. The average molecular weight is 271 g/mol. The van der Waals surface area contributed by atoms with Crippen LogP contribution >= 0.6 is 0 Å². The van der Waals surface area contributed by atoms with Gasteiger partial charge in [0, 0.05) is 31.2 Å². The maximum atomic E-state index is 8.63. The van der Waals surface area contributed by atoms with E-state index in [2.05, 4.69) is 20.4 Å². The van der Waals surface area contributed by atoms with Crippen molar-refractivity contribution < 1.29 is 5.21 Å². The third-order valence-electron chi connectivity index (χ3n) is 2.83. The van der Waals surface area contributed by atoms with Gasteiger partial charge in [0.25, 0.3) is 0 Å². The van der Waals surface area contributed by atoms with Crippen LogP contribution in [0.5, 0.6) is 0 Å². The number of oxime groups is 1. The third-order valence-corrected chi connectivity index (χ3v) is 2.83. The van der Waals surface area contributed by atoms with Crippen molar-refractivity contribution in [2.45, 2.75) is 20.0 Å². The van der Waals surface area contributed by atoms with Crippen molar-refractivity contribution in [3.8, 4) is 0 Å². The van der Waals surface area contributed by atoms with Crippen molar-refractivity contribution in [2.75, 3.05) is 0 Å². The quantitative estimate of drug-likeness (QED) is 0.328. The van der Waals surface area contributed by atoms with E-state index in [1.807, 2.05) is 31.3 Å². The SMILES string of the molecule is Cc1ccc(CNCc2ccnc(C(N)=NO)c2)cn1. The molecule has 4 N–H and O–H groups in total. The van der Waals surface area contributed by atoms with Gasteiger partial charge in [0.1, 0.15) is 5.69 Å². The Balaban J connectivity index is 1.92. The highest BCUT2D eigenvalue weighted by Gasteiger charge is 2.02. The van der Waals surface area contributed by atoms with Gasteiger partial charge < -0.3 is 16.3 Å². The Morgan fingerprint density at radius 1 is 1.25 bits per heavy atom. The summed E-state index contributed by atoms with van der Waals surface area (Å²) in [7, 11) is 0. The van der Waals surface area contributed by atoms with Crippen LogP contribution < -0.4 is 11.1 Å². The Bertz CT molecular complexity index is 595. The van der Waals surface area contributed by atoms with Gasteiger partial charge >= 0.3 is 0 Å². The summed E-state index contributed by atoms with van der Waals surface area (Å²) in [6, 6.07) is 7.70. The molecule has 0 radical (unpaired) electrons. The summed E-state index contributed by atoms with van der Waals surface area (Å²) in [4.78, 5) is 8.28. The summed E-state index contributed by atoms with van der Waals surface area (Å²) < 4.78 is 0. The number of nitrogens with zero attached hydrogens (tertiary/aromatic N) is 3. The molecule has 2 heterocycles. The van der Waals surface area contributed by atoms with E-state index in [-0.39, 0.29) is 5.84 Å². The van der Waals surface area contributed by atoms with E-state index < -0.39 is 0 Å². The van der Waals surface area contributed by atoms with Crippen LogP contribution in [-0.4, -0.2) is 21.0 Å². The van der Waals surface area contributed by atoms with Crippen molar-refractivity contribution in [3.05, 3.63) is 59.2 Å². The summed E-state index contributed by atoms with van der Waals surface area (Å²) in [6.45, 7) is 3.36. The van der Waals surface area contributed by atoms with Crippen LogP contribution in [0.4, 0.5) is 0 Å². The first kappa shape index (κ1) is 14.0. The summed E-state index contributed by atoms with van der Waals surface area (Å²) in [5.74, 6) is 0.00887. The van der Waals surface area contributed by atoms with Crippen LogP contribution in [0.15, 0.2) is 41.8 Å². The highest BCUT2D eigenvalue weighted by Crippen LogP contribution is 2.03. The molecule has 104 valence electrons. The monoisotopic (exact) mass is 271 g/mol. The fraction of sp³-hybridized carbons (Fsp3) is 0.214. The number of aromatic nitrogens is 2. The number of rotatable bonds is 5. The van der Waals surface area contributed by atoms with E-state index in [0.717, 1.165) is 23.4 Å². The Morgan fingerprint density at radius 3 is 2.75 bits per heavy atom. The predicted molar refractivity (Wildman–Crippen MR) is 76.3 cm³/mol. The van der Waals surface area contributed by atoms with Crippen LogP contribution in [0.25, 0.3) is 0 Å². The molecule has 0 aromatic carbocycles. The molecule has 0 aliphatic heterocycles. The first-order valence-electron chi connectivity index (χ1n) is 6.24. The molecule has 2 aromatic rings. The topological polar surface area (TPSA) is 96.4 Å². The molecule has 0 amide bonds. The van der Waals surface area contributed by atoms with Gasteiger partial charge in [-0.1, -0.05) is 11.2 Å². The lowest BCUT2D eigenvalue weighted by atomic mass is 10.2. The highest BCUT2D eigenvalue weighted by atomic mass is 16.4. The number of pyridine rings is 2. The van der Waals surface area contributed by atoms with Crippen molar-refractivity contribution >= 4 is 5.84 Å². The molecule has 0 aliphatic rings. The molecular weight excluding hydrogens is 254 g/mol. The number of hydrogen-bond donors (Lipinski definition) is 3. The van der Waals surface area contributed by atoms with E-state index in [9.17, 15) is 0 Å². The van der Waals surface area contributed by atoms with Gasteiger partial charge in [-0.15, -0.1) is 0 Å². The van der Waals surface area contributed by atoms with Crippen LogP contribution in [0.1, 0.15) is 22.5 Å². The number of hydrogen-bond acceptors (Lipinski definition) is 5. The molecule has 0 saturated heterocycles. The number of nitrogens with two attached hydrogens (primary N) is 1. The second kappa shape index (κ2) is 6.63. The van der Waals surface area contributed by atoms with Crippen LogP contribution in [0.3, 0.4) is 0 Å². The zero-order valence-corrected chi connectivity index (χ0v) is 11.2. The minimum atomic E-state index is 0.00887. The molecule has 6 nitrogen and oxygen atoms in total. The molecule has 0 atom stereocenters. The van der Waals surface area contributed by atoms with E-state index in [1.54, 1.807) is 12.3 Å². The molecule has 0 aliphatic carbocycles. The predicted octanol–water partition coefficient (Wildman–Crippen LogP) is 1.17. The second-order valence-corrected chi connectivity index (χ2v) is 4.45. The number of nitrogens with one attached hydrogen (secondary N) is 1. The Kier molecular flexibility index (Phi) is 4.62. The first-order chi connectivity index (χ1) is 9.69. The Morgan fingerprint density at radius 2 is 2.05 bits per heavy atom. The maximum Gasteiger partial charge on any atom is 0.188 e. The van der Waals surface area contributed by atoms with Crippen molar-refractivity contribution in [3.63, 3.8) is 0 Å². The molecule has 20 heavy (non-hydrogen) atoms. The average Bonchev–Trinajstić information content (AvgIpc) is 2.49. The van der Waals surface area contributed by atoms with E-state index in [0.29, 0.717) is 12.2 Å². The van der Waals surface area contributed by atoms with Crippen LogP contribution in [0, 0.1) is 6.92 Å². The molecule has 0 bridgehead atoms. The summed E-state index contributed by atoms with van der Waals surface area (Å²) >= 11 is 0. The molecule has 0 saturated carbocycles. The van der Waals surface area contributed by atoms with Crippen molar-refractivity contribution in [1.82, 2.24) is 15.3 Å². The van der Waals surface area contributed by atoms with Gasteiger partial charge in [0.05, 0.1) is 0 Å². The zero-order chi connectivity index (χ0) is 14.4. The Labute approximate surface area is 117 Å². The lowest BCUT2D eigenvalue weighted by Crippen LogP contribution is -2.17. The van der Waals surface area contributed by atoms with E-state index >= 15 is 0 Å². The molecule has 6 heteroatoms. The smallest absolute Gasteiger partial charge is 0.188 e. The van der Waals surface area contributed by atoms with E-state index in [4.69, 9.17) is 10.9 Å². The molecular formula is C14H17N5O. The van der Waals surface area contributed by atoms with Gasteiger partial charge in [-0.2, -0.15) is 0 Å². The Hall–Kier alpha value is -2.47. The minimum Gasteiger partial charge on any atom is -0.409 e. The highest BCUT2D eigenvalue weighted by molar-refractivity contribution is 5.95. The first-order valence-corrected chi connectivity index (χ1v) is 6.24. The van der Waals surface area contributed by atoms with Gasteiger partial charge in [0.15, 0.2) is 5.84 Å². The second-order valence-electron chi connectivity index (χ2n) is 4.45. The third kappa shape index (κ3) is 3.76.